The number of carbonyl (C=O) groups is 1. The molecule has 31 heavy (non-hydrogen) atoms. The summed E-state index contributed by atoms with van der Waals surface area (Å²) in [5.41, 5.74) is 1.68. The SMILES string of the molecule is COc1cc(C(=O)NS(=N)(=O)c2c(OC)ccc(C)c2OC)ccc1Cn1cccn1. The molecule has 10 heteroatoms. The first kappa shape index (κ1) is 22.2. The van der Waals surface area contributed by atoms with Crippen LogP contribution in [0.5, 0.6) is 17.2 Å². The Morgan fingerprint density at radius 2 is 1.87 bits per heavy atom. The molecule has 1 amide bonds. The molecule has 0 fully saturated rings. The van der Waals surface area contributed by atoms with Crippen molar-refractivity contribution in [2.45, 2.75) is 18.4 Å². The van der Waals surface area contributed by atoms with E-state index < -0.39 is 15.8 Å². The number of nitrogens with one attached hydrogen (secondary N) is 2. The van der Waals surface area contributed by atoms with E-state index in [1.165, 1.54) is 27.4 Å². The van der Waals surface area contributed by atoms with Crippen LogP contribution in [0.15, 0.2) is 53.7 Å². The molecule has 3 aromatic rings. The Bertz CT molecular complexity index is 1190. The second-order valence-corrected chi connectivity index (χ2v) is 8.39. The number of hydrogen-bond donors (Lipinski definition) is 2. The Morgan fingerprint density at radius 3 is 2.48 bits per heavy atom. The average Bonchev–Trinajstić information content (AvgIpc) is 3.26. The number of aryl methyl sites for hydroxylation is 1. The lowest BCUT2D eigenvalue weighted by Gasteiger charge is -2.18. The van der Waals surface area contributed by atoms with Gasteiger partial charge in [-0.1, -0.05) is 12.1 Å². The van der Waals surface area contributed by atoms with Crippen molar-refractivity contribution in [1.29, 1.82) is 4.78 Å². The minimum atomic E-state index is -3.79. The minimum absolute atomic E-state index is 0.0203. The third kappa shape index (κ3) is 4.64. The van der Waals surface area contributed by atoms with Crippen LogP contribution in [-0.2, 0) is 16.5 Å². The van der Waals surface area contributed by atoms with Crippen LogP contribution in [0.3, 0.4) is 0 Å². The first-order valence-electron chi connectivity index (χ1n) is 9.27. The third-order valence-electron chi connectivity index (χ3n) is 4.66. The molecule has 0 bridgehead atoms. The summed E-state index contributed by atoms with van der Waals surface area (Å²) in [5.74, 6) is 0.210. The van der Waals surface area contributed by atoms with Gasteiger partial charge in [0.25, 0.3) is 5.91 Å². The van der Waals surface area contributed by atoms with Gasteiger partial charge in [-0.05, 0) is 36.8 Å². The van der Waals surface area contributed by atoms with Crippen LogP contribution < -0.4 is 18.9 Å². The monoisotopic (exact) mass is 444 g/mol. The number of carbonyl (C=O) groups excluding carboxylic acids is 1. The molecule has 3 rings (SSSR count). The van der Waals surface area contributed by atoms with Crippen molar-refractivity contribution in [3.63, 3.8) is 0 Å². The molecule has 0 aliphatic carbocycles. The van der Waals surface area contributed by atoms with Crippen LogP contribution in [0.4, 0.5) is 0 Å². The van der Waals surface area contributed by atoms with Crippen molar-refractivity contribution in [2.24, 2.45) is 0 Å². The summed E-state index contributed by atoms with van der Waals surface area (Å²) in [4.78, 5) is 12.8. The van der Waals surface area contributed by atoms with Gasteiger partial charge in [0.1, 0.15) is 17.2 Å². The zero-order valence-electron chi connectivity index (χ0n) is 17.7. The fourth-order valence-electron chi connectivity index (χ4n) is 3.16. The molecular weight excluding hydrogens is 420 g/mol. The highest BCUT2D eigenvalue weighted by Crippen LogP contribution is 2.36. The van der Waals surface area contributed by atoms with Gasteiger partial charge in [-0.2, -0.15) is 5.10 Å². The zero-order chi connectivity index (χ0) is 22.6. The molecule has 0 aliphatic heterocycles. The van der Waals surface area contributed by atoms with Crippen molar-refractivity contribution in [2.75, 3.05) is 21.3 Å². The van der Waals surface area contributed by atoms with E-state index in [1.54, 1.807) is 42.1 Å². The second-order valence-electron chi connectivity index (χ2n) is 6.66. The molecule has 0 aliphatic rings. The average molecular weight is 445 g/mol. The Kier molecular flexibility index (Phi) is 6.50. The maximum atomic E-state index is 13.2. The molecule has 9 nitrogen and oxygen atoms in total. The lowest BCUT2D eigenvalue weighted by atomic mass is 10.1. The van der Waals surface area contributed by atoms with Crippen molar-refractivity contribution in [3.8, 4) is 17.2 Å². The summed E-state index contributed by atoms with van der Waals surface area (Å²) >= 11 is 0. The van der Waals surface area contributed by atoms with Crippen molar-refractivity contribution in [1.82, 2.24) is 14.5 Å². The lowest BCUT2D eigenvalue weighted by Crippen LogP contribution is -2.30. The van der Waals surface area contributed by atoms with Crippen LogP contribution >= 0.6 is 0 Å². The number of methoxy groups -OCH3 is 3. The summed E-state index contributed by atoms with van der Waals surface area (Å²) in [6.45, 7) is 2.22. The molecular formula is C21H24N4O5S. The summed E-state index contributed by atoms with van der Waals surface area (Å²) < 4.78 is 41.7. The van der Waals surface area contributed by atoms with Gasteiger partial charge < -0.3 is 14.2 Å². The third-order valence-corrected chi connectivity index (χ3v) is 6.10. The van der Waals surface area contributed by atoms with Gasteiger partial charge in [0, 0.05) is 23.5 Å². The number of aromatic nitrogens is 2. The number of ether oxygens (including phenoxy) is 3. The highest BCUT2D eigenvalue weighted by molar-refractivity contribution is 7.91. The van der Waals surface area contributed by atoms with Gasteiger partial charge in [-0.15, -0.1) is 0 Å². The van der Waals surface area contributed by atoms with Gasteiger partial charge in [0.2, 0.25) is 0 Å². The van der Waals surface area contributed by atoms with E-state index in [2.05, 4.69) is 9.82 Å². The number of hydrogen-bond acceptors (Lipinski definition) is 7. The highest BCUT2D eigenvalue weighted by atomic mass is 32.2. The number of nitrogens with zero attached hydrogens (tertiary/aromatic N) is 2. The maximum Gasteiger partial charge on any atom is 0.263 e. The fraction of sp³-hybridized carbons (Fsp3) is 0.238. The topological polar surface area (TPSA) is 116 Å². The predicted octanol–water partition coefficient (Wildman–Crippen LogP) is 3.02. The Labute approximate surface area is 181 Å². The first-order valence-corrected chi connectivity index (χ1v) is 10.8. The van der Waals surface area contributed by atoms with Crippen LogP contribution in [0.2, 0.25) is 0 Å². The van der Waals surface area contributed by atoms with Gasteiger partial charge in [-0.3, -0.25) is 14.2 Å². The minimum Gasteiger partial charge on any atom is -0.496 e. The molecule has 2 N–H and O–H groups in total. The summed E-state index contributed by atoms with van der Waals surface area (Å²) in [5, 5.41) is 4.16. The van der Waals surface area contributed by atoms with E-state index in [9.17, 15) is 9.00 Å². The smallest absolute Gasteiger partial charge is 0.263 e. The Hall–Kier alpha value is -3.53. The van der Waals surface area contributed by atoms with E-state index in [4.69, 9.17) is 19.0 Å². The van der Waals surface area contributed by atoms with E-state index in [1.807, 2.05) is 12.3 Å². The molecule has 0 spiro atoms. The number of rotatable bonds is 8. The number of amides is 1. The molecule has 0 saturated heterocycles. The van der Waals surface area contributed by atoms with Crippen molar-refractivity contribution in [3.05, 3.63) is 65.5 Å². The van der Waals surface area contributed by atoms with Crippen LogP contribution in [0.1, 0.15) is 21.5 Å². The molecule has 0 saturated carbocycles. The summed E-state index contributed by atoms with van der Waals surface area (Å²) in [6.07, 6.45) is 3.49. The summed E-state index contributed by atoms with van der Waals surface area (Å²) in [7, 11) is 0.514. The second kappa shape index (κ2) is 9.09. The largest absolute Gasteiger partial charge is 0.496 e. The van der Waals surface area contributed by atoms with E-state index in [0.717, 1.165) is 5.56 Å². The highest BCUT2D eigenvalue weighted by Gasteiger charge is 2.26. The van der Waals surface area contributed by atoms with E-state index in [0.29, 0.717) is 17.9 Å². The van der Waals surface area contributed by atoms with Gasteiger partial charge in [0.15, 0.2) is 14.8 Å². The number of benzene rings is 2. The molecule has 1 heterocycles. The van der Waals surface area contributed by atoms with Crippen molar-refractivity contribution < 1.29 is 23.2 Å². The molecule has 1 aromatic heterocycles. The Morgan fingerprint density at radius 1 is 1.13 bits per heavy atom. The standard InChI is InChI=1S/C21H24N4O5S/c1-14-6-9-17(28-2)20(19(14)30-4)31(22,27)24-21(26)15-7-8-16(18(12-15)29-3)13-25-11-5-10-23-25/h5-12H,13H2,1-4H3,(H2,22,24,26,27). The maximum absolute atomic E-state index is 13.2. The van der Waals surface area contributed by atoms with Gasteiger partial charge in [0.05, 0.1) is 27.9 Å². The van der Waals surface area contributed by atoms with Crippen LogP contribution in [0, 0.1) is 11.7 Å². The predicted molar refractivity (Wildman–Crippen MR) is 115 cm³/mol. The van der Waals surface area contributed by atoms with Crippen molar-refractivity contribution >= 4 is 15.8 Å². The Balaban J connectivity index is 1.92. The summed E-state index contributed by atoms with van der Waals surface area (Å²) in [6, 6.07) is 9.97. The van der Waals surface area contributed by atoms with Crippen LogP contribution in [0.25, 0.3) is 0 Å². The molecule has 2 aromatic carbocycles. The quantitative estimate of drug-likeness (QED) is 0.552. The normalized spacial score (nSPS) is 12.6. The van der Waals surface area contributed by atoms with Gasteiger partial charge in [-0.25, -0.2) is 8.99 Å². The molecule has 1 atom stereocenters. The van der Waals surface area contributed by atoms with Crippen LogP contribution in [-0.4, -0.2) is 41.2 Å². The zero-order valence-corrected chi connectivity index (χ0v) is 18.5. The lowest BCUT2D eigenvalue weighted by molar-refractivity contribution is 0.0982. The molecule has 0 radical (unpaired) electrons. The van der Waals surface area contributed by atoms with E-state index in [-0.39, 0.29) is 22.0 Å². The fourth-order valence-corrected chi connectivity index (χ4v) is 4.58. The van der Waals surface area contributed by atoms with Gasteiger partial charge >= 0.3 is 0 Å². The molecule has 1 unspecified atom stereocenters. The molecule has 164 valence electrons. The van der Waals surface area contributed by atoms with E-state index >= 15 is 0 Å². The first-order chi connectivity index (χ1) is 14.8.